The number of nitrogens with two attached hydrogens (primary N) is 1. The molecule has 1 nitrogen and oxygen atoms in total. The van der Waals surface area contributed by atoms with E-state index >= 15 is 0 Å². The molecule has 1 saturated carbocycles. The van der Waals surface area contributed by atoms with Crippen LogP contribution in [0.15, 0.2) is 0 Å². The molecule has 0 heterocycles. The second kappa shape index (κ2) is 4.41. The van der Waals surface area contributed by atoms with Gasteiger partial charge in [-0.15, -0.1) is 0 Å². The van der Waals surface area contributed by atoms with E-state index in [-0.39, 0.29) is 24.8 Å². The molecule has 0 aromatic heterocycles. The summed E-state index contributed by atoms with van der Waals surface area (Å²) in [5.41, 5.74) is 1.19. The standard InChI is InChI=1S/C4H7N.2ClH/c5-4-2-1-3-4;;/h5H,1-3H2;2*1H/p-1. The monoisotopic (exact) mass is 140 g/mol. The highest BCUT2D eigenvalue weighted by molar-refractivity contribution is 5.83. The molecule has 1 rings (SSSR count). The van der Waals surface area contributed by atoms with Crippen molar-refractivity contribution < 1.29 is 30.2 Å². The van der Waals surface area contributed by atoms with Gasteiger partial charge in [0.2, 0.25) is 0 Å². The van der Waals surface area contributed by atoms with Crippen molar-refractivity contribution in [1.82, 2.24) is 0 Å². The molecule has 0 unspecified atom stereocenters. The minimum atomic E-state index is 0. The van der Waals surface area contributed by atoms with Gasteiger partial charge in [-0.2, -0.15) is 0 Å². The molecule has 0 atom stereocenters. The fourth-order valence-electron chi connectivity index (χ4n) is 0.381. The van der Waals surface area contributed by atoms with Crippen LogP contribution in [0.5, 0.6) is 0 Å². The van der Waals surface area contributed by atoms with Gasteiger partial charge in [0.25, 0.3) is 0 Å². The van der Waals surface area contributed by atoms with Gasteiger partial charge >= 0.3 is 0 Å². The van der Waals surface area contributed by atoms with Crippen molar-refractivity contribution in [3.63, 3.8) is 0 Å². The fraction of sp³-hybridized carbons (Fsp3) is 0.750. The summed E-state index contributed by atoms with van der Waals surface area (Å²) >= 11 is 0. The third-order valence-electron chi connectivity index (χ3n) is 0.996. The molecule has 0 aromatic carbocycles. The van der Waals surface area contributed by atoms with E-state index in [9.17, 15) is 0 Å². The summed E-state index contributed by atoms with van der Waals surface area (Å²) in [6.45, 7) is 0. The van der Waals surface area contributed by atoms with Gasteiger partial charge in [0.15, 0.2) is 0 Å². The Morgan fingerprint density at radius 1 is 1.14 bits per heavy atom. The molecule has 44 valence electrons. The van der Waals surface area contributed by atoms with Crippen LogP contribution < -0.4 is 30.2 Å². The number of rotatable bonds is 0. The number of halogens is 2. The Morgan fingerprint density at radius 2 is 1.43 bits per heavy atom. The molecule has 3 heteroatoms. The highest BCUT2D eigenvalue weighted by atomic mass is 35.5. The Labute approximate surface area is 55.8 Å². The summed E-state index contributed by atoms with van der Waals surface area (Å²) in [4.78, 5) is 0. The first-order valence-electron chi connectivity index (χ1n) is 2.00. The average Bonchev–Trinajstić information content (AvgIpc) is 1.30. The normalized spacial score (nSPS) is 15.7. The van der Waals surface area contributed by atoms with Crippen LogP contribution in [-0.2, 0) is 0 Å². The van der Waals surface area contributed by atoms with Crippen molar-refractivity contribution in [2.24, 2.45) is 0 Å². The molecule has 0 aromatic rings. The van der Waals surface area contributed by atoms with Crippen LogP contribution in [0.2, 0.25) is 0 Å². The Morgan fingerprint density at radius 3 is 1.43 bits per heavy atom. The van der Waals surface area contributed by atoms with Gasteiger partial charge < -0.3 is 24.8 Å². The molecule has 1 aliphatic carbocycles. The summed E-state index contributed by atoms with van der Waals surface area (Å²) in [7, 11) is 0. The van der Waals surface area contributed by atoms with Gasteiger partial charge in [0, 0.05) is 12.8 Å². The highest BCUT2D eigenvalue weighted by Crippen LogP contribution is 2.08. The van der Waals surface area contributed by atoms with Gasteiger partial charge in [0.1, 0.15) is 5.71 Å². The van der Waals surface area contributed by atoms with E-state index in [2.05, 4.69) is 0 Å². The van der Waals surface area contributed by atoms with Crippen molar-refractivity contribution in [3.8, 4) is 0 Å². The highest BCUT2D eigenvalue weighted by Gasteiger charge is 2.11. The van der Waals surface area contributed by atoms with Crippen LogP contribution in [0.4, 0.5) is 0 Å². The van der Waals surface area contributed by atoms with E-state index in [1.54, 1.807) is 0 Å². The van der Waals surface area contributed by atoms with Crippen molar-refractivity contribution in [3.05, 3.63) is 0 Å². The first-order valence-corrected chi connectivity index (χ1v) is 2.00. The lowest BCUT2D eigenvalue weighted by Crippen LogP contribution is -3.00. The molecule has 0 radical (unpaired) electrons. The molecular formula is C4H8Cl2N-. The Balaban J connectivity index is 0. The summed E-state index contributed by atoms with van der Waals surface area (Å²) in [5.74, 6) is 0. The maximum absolute atomic E-state index is 5.30. The quantitative estimate of drug-likeness (QED) is 0.347. The average molecular weight is 141 g/mol. The SMILES string of the molecule is [Cl-].[Cl-].[NH2+]=C1CCC1. The molecule has 2 N–H and O–H groups in total. The fourth-order valence-corrected chi connectivity index (χ4v) is 0.381. The molecule has 0 saturated heterocycles. The van der Waals surface area contributed by atoms with Crippen LogP contribution in [0.25, 0.3) is 0 Å². The number of hydrogen-bond donors (Lipinski definition) is 1. The smallest absolute Gasteiger partial charge is 0.149 e. The van der Waals surface area contributed by atoms with Crippen molar-refractivity contribution in [1.29, 1.82) is 0 Å². The molecule has 0 aliphatic heterocycles. The molecule has 0 amide bonds. The zero-order valence-corrected chi connectivity index (χ0v) is 5.47. The van der Waals surface area contributed by atoms with Gasteiger partial charge in [-0.05, 0) is 6.42 Å². The van der Waals surface area contributed by atoms with E-state index < -0.39 is 0 Å². The number of hydrogen-bond acceptors (Lipinski definition) is 0. The summed E-state index contributed by atoms with van der Waals surface area (Å²) in [6, 6.07) is 0. The van der Waals surface area contributed by atoms with Gasteiger partial charge in [-0.25, -0.2) is 0 Å². The van der Waals surface area contributed by atoms with Crippen LogP contribution in [0, 0.1) is 0 Å². The third-order valence-corrected chi connectivity index (χ3v) is 0.996. The molecule has 0 spiro atoms. The van der Waals surface area contributed by atoms with E-state index in [0.29, 0.717) is 0 Å². The molecule has 1 fully saturated rings. The first-order chi connectivity index (χ1) is 2.39. The lowest BCUT2D eigenvalue weighted by Gasteiger charge is -2.03. The lowest BCUT2D eigenvalue weighted by atomic mass is 9.98. The van der Waals surface area contributed by atoms with Crippen molar-refractivity contribution in [2.75, 3.05) is 0 Å². The van der Waals surface area contributed by atoms with Crippen LogP contribution in [-0.4, -0.2) is 5.71 Å². The van der Waals surface area contributed by atoms with Crippen molar-refractivity contribution in [2.45, 2.75) is 19.3 Å². The van der Waals surface area contributed by atoms with Crippen LogP contribution >= 0.6 is 0 Å². The molecule has 0 bridgehead atoms. The second-order valence-corrected chi connectivity index (χ2v) is 1.51. The van der Waals surface area contributed by atoms with E-state index in [4.69, 9.17) is 5.41 Å². The minimum absolute atomic E-state index is 0. The van der Waals surface area contributed by atoms with Gasteiger partial charge in [0.05, 0.1) is 0 Å². The zero-order chi connectivity index (χ0) is 3.70. The predicted octanol–water partition coefficient (Wildman–Crippen LogP) is -6.62. The van der Waals surface area contributed by atoms with E-state index in [1.165, 1.54) is 25.0 Å². The Bertz CT molecular complexity index is 56.7. The van der Waals surface area contributed by atoms with Gasteiger partial charge in [-0.1, -0.05) is 0 Å². The van der Waals surface area contributed by atoms with E-state index in [1.807, 2.05) is 0 Å². The Hall–Kier alpha value is 0.250. The van der Waals surface area contributed by atoms with E-state index in [0.717, 1.165) is 0 Å². The largest absolute Gasteiger partial charge is 1.00 e. The van der Waals surface area contributed by atoms with Crippen LogP contribution in [0.3, 0.4) is 0 Å². The van der Waals surface area contributed by atoms with Crippen LogP contribution in [0.1, 0.15) is 19.3 Å². The maximum atomic E-state index is 5.30. The maximum Gasteiger partial charge on any atom is 0.149 e. The van der Waals surface area contributed by atoms with Crippen molar-refractivity contribution >= 4 is 5.71 Å². The zero-order valence-electron chi connectivity index (χ0n) is 3.95. The summed E-state index contributed by atoms with van der Waals surface area (Å²) in [6.07, 6.45) is 3.69. The summed E-state index contributed by atoms with van der Waals surface area (Å²) in [5, 5.41) is 5.30. The summed E-state index contributed by atoms with van der Waals surface area (Å²) < 4.78 is 0. The Kier molecular flexibility index (Phi) is 6.47. The first kappa shape index (κ1) is 10.3. The second-order valence-electron chi connectivity index (χ2n) is 1.51. The predicted molar refractivity (Wildman–Crippen MR) is 20.8 cm³/mol. The minimum Gasteiger partial charge on any atom is -1.00 e. The topological polar surface area (TPSA) is 25.6 Å². The third kappa shape index (κ3) is 2.89. The molecular weight excluding hydrogens is 133 g/mol. The van der Waals surface area contributed by atoms with Gasteiger partial charge in [-0.3, -0.25) is 5.41 Å². The molecule has 1 aliphatic rings. The lowest BCUT2D eigenvalue weighted by molar-refractivity contribution is -0.123. The molecule has 7 heavy (non-hydrogen) atoms.